The molecule has 0 aromatic carbocycles. The molecular formula is C11H10F9NO3S. The summed E-state index contributed by atoms with van der Waals surface area (Å²) in [6.45, 7) is 4.10. The Labute approximate surface area is 135 Å². The zero-order valence-electron chi connectivity index (χ0n) is 12.3. The van der Waals surface area contributed by atoms with Crippen LogP contribution >= 0.6 is 0 Å². The van der Waals surface area contributed by atoms with Crippen molar-refractivity contribution in [1.29, 1.82) is 0 Å². The highest BCUT2D eigenvalue weighted by atomic mass is 32.2. The van der Waals surface area contributed by atoms with Gasteiger partial charge in [0.15, 0.2) is 21.5 Å². The summed E-state index contributed by atoms with van der Waals surface area (Å²) in [4.78, 5) is 3.17. The average molecular weight is 407 g/mol. The van der Waals surface area contributed by atoms with Gasteiger partial charge in [-0.3, -0.25) is 0 Å². The van der Waals surface area contributed by atoms with E-state index in [0.717, 1.165) is 0 Å². The van der Waals surface area contributed by atoms with Crippen molar-refractivity contribution in [3.05, 3.63) is 29.6 Å². The fourth-order valence-corrected chi connectivity index (χ4v) is 1.69. The Morgan fingerprint density at radius 2 is 1.20 bits per heavy atom. The van der Waals surface area contributed by atoms with E-state index in [1.54, 1.807) is 0 Å². The third kappa shape index (κ3) is 4.74. The molecule has 0 amide bonds. The van der Waals surface area contributed by atoms with Gasteiger partial charge in [0.25, 0.3) is 0 Å². The molecule has 1 aromatic rings. The van der Waals surface area contributed by atoms with Crippen molar-refractivity contribution in [3.63, 3.8) is 0 Å². The summed E-state index contributed by atoms with van der Waals surface area (Å²) in [6, 6.07) is 6.14. The van der Waals surface area contributed by atoms with Gasteiger partial charge in [0.1, 0.15) is 0 Å². The van der Waals surface area contributed by atoms with Crippen LogP contribution in [0.2, 0.25) is 0 Å². The quantitative estimate of drug-likeness (QED) is 0.571. The summed E-state index contributed by atoms with van der Waals surface area (Å²) in [5.74, 6) is -14.8. The molecule has 1 heterocycles. The fourth-order valence-electron chi connectivity index (χ4n) is 1.25. The van der Waals surface area contributed by atoms with Crippen molar-refractivity contribution < 1.29 is 57.5 Å². The second kappa shape index (κ2) is 6.97. The standard InChI is InChI=1S/C7H9N.C4HF9O3S/c1-6-4-3-5-7(2)8-6;5-1(6,3(9,10)11)2(7,8)4(12,13)17(14,15)16/h3-5H,1-2H3;(H,14,15,16). The van der Waals surface area contributed by atoms with E-state index >= 15 is 0 Å². The Morgan fingerprint density at radius 3 is 1.40 bits per heavy atom. The van der Waals surface area contributed by atoms with E-state index in [1.165, 1.54) is 11.4 Å². The highest BCUT2D eigenvalue weighted by Gasteiger charge is 2.83. The van der Waals surface area contributed by atoms with E-state index in [2.05, 4.69) is 4.98 Å². The van der Waals surface area contributed by atoms with Gasteiger partial charge in [0.05, 0.1) is 0 Å². The first-order valence-corrected chi connectivity index (χ1v) is 7.31. The van der Waals surface area contributed by atoms with Crippen LogP contribution in [-0.4, -0.2) is 36.2 Å². The number of pyridine rings is 1. The van der Waals surface area contributed by atoms with Gasteiger partial charge in [-0.15, -0.1) is 0 Å². The number of aryl methyl sites for hydroxylation is 2. The smallest absolute Gasteiger partial charge is 0.460 e. The van der Waals surface area contributed by atoms with Crippen molar-refractivity contribution in [2.24, 2.45) is 0 Å². The SMILES string of the molecule is Cc1cccc(C)[nH+]1.O=S(=O)([O-])C(F)(F)C(F)(F)C(F)(F)C(F)(F)F. The highest BCUT2D eigenvalue weighted by molar-refractivity contribution is 7.86. The van der Waals surface area contributed by atoms with E-state index in [1.807, 2.05) is 32.0 Å². The van der Waals surface area contributed by atoms with Gasteiger partial charge in [-0.25, -0.2) is 13.4 Å². The number of alkyl halides is 9. The average Bonchev–Trinajstić information content (AvgIpc) is 2.35. The summed E-state index contributed by atoms with van der Waals surface area (Å²) < 4.78 is 135. The molecule has 14 heteroatoms. The Bertz CT molecular complexity index is 684. The molecule has 1 N–H and O–H groups in total. The lowest BCUT2D eigenvalue weighted by Crippen LogP contribution is -2.63. The molecule has 1 aromatic heterocycles. The van der Waals surface area contributed by atoms with Crippen molar-refractivity contribution in [2.45, 2.75) is 37.1 Å². The molecule has 0 bridgehead atoms. The molecule has 146 valence electrons. The Morgan fingerprint density at radius 1 is 0.840 bits per heavy atom. The molecule has 25 heavy (non-hydrogen) atoms. The van der Waals surface area contributed by atoms with Crippen LogP contribution in [-0.2, 0) is 10.1 Å². The van der Waals surface area contributed by atoms with E-state index in [-0.39, 0.29) is 0 Å². The minimum Gasteiger partial charge on any atom is -0.743 e. The third-order valence-electron chi connectivity index (χ3n) is 2.52. The normalized spacial score (nSPS) is 13.9. The zero-order valence-corrected chi connectivity index (χ0v) is 13.1. The van der Waals surface area contributed by atoms with Crippen LogP contribution in [0.15, 0.2) is 18.2 Å². The summed E-state index contributed by atoms with van der Waals surface area (Å²) in [5, 5.41) is -7.11. The number of hydrogen-bond acceptors (Lipinski definition) is 3. The van der Waals surface area contributed by atoms with Crippen LogP contribution in [0, 0.1) is 13.8 Å². The molecule has 0 unspecified atom stereocenters. The predicted molar refractivity (Wildman–Crippen MR) is 63.1 cm³/mol. The first-order valence-electron chi connectivity index (χ1n) is 5.90. The van der Waals surface area contributed by atoms with E-state index in [9.17, 15) is 52.5 Å². The predicted octanol–water partition coefficient (Wildman–Crippen LogP) is 3.07. The minimum absolute atomic E-state index is 1.21. The molecule has 0 radical (unpaired) electrons. The number of halogens is 9. The molecule has 0 aliphatic rings. The molecule has 4 nitrogen and oxygen atoms in total. The summed E-state index contributed by atoms with van der Waals surface area (Å²) >= 11 is 0. The van der Waals surface area contributed by atoms with Crippen LogP contribution < -0.4 is 4.98 Å². The maximum absolute atomic E-state index is 12.2. The van der Waals surface area contributed by atoms with Crippen molar-refractivity contribution in [2.75, 3.05) is 0 Å². The molecular weight excluding hydrogens is 397 g/mol. The van der Waals surface area contributed by atoms with Crippen molar-refractivity contribution in [3.8, 4) is 0 Å². The Kier molecular flexibility index (Phi) is 6.54. The van der Waals surface area contributed by atoms with Gasteiger partial charge in [-0.2, -0.15) is 39.5 Å². The second-order valence-electron chi connectivity index (χ2n) is 4.63. The molecule has 0 saturated carbocycles. The molecule has 1 rings (SSSR count). The van der Waals surface area contributed by atoms with Gasteiger partial charge in [0, 0.05) is 26.0 Å². The van der Waals surface area contributed by atoms with Gasteiger partial charge in [-0.1, -0.05) is 0 Å². The van der Waals surface area contributed by atoms with Crippen LogP contribution in [0.25, 0.3) is 0 Å². The zero-order chi connectivity index (χ0) is 20.5. The lowest BCUT2D eigenvalue weighted by molar-refractivity contribution is -0.396. The van der Waals surface area contributed by atoms with Crippen molar-refractivity contribution >= 4 is 10.1 Å². The maximum Gasteiger partial charge on any atom is 0.460 e. The van der Waals surface area contributed by atoms with E-state index < -0.39 is 33.4 Å². The number of rotatable bonds is 3. The first-order chi connectivity index (χ1) is 10.8. The fraction of sp³-hybridized carbons (Fsp3) is 0.545. The second-order valence-corrected chi connectivity index (χ2v) is 6.06. The number of aromatic nitrogens is 1. The lowest BCUT2D eigenvalue weighted by Gasteiger charge is -2.34. The topological polar surface area (TPSA) is 71.3 Å². The molecule has 0 spiro atoms. The number of nitrogens with one attached hydrogen (secondary N) is 1. The molecule has 0 atom stereocenters. The van der Waals surface area contributed by atoms with Crippen LogP contribution in [0.4, 0.5) is 39.5 Å². The van der Waals surface area contributed by atoms with E-state index in [4.69, 9.17) is 0 Å². The number of H-pyrrole nitrogens is 1. The van der Waals surface area contributed by atoms with Gasteiger partial charge in [0.2, 0.25) is 0 Å². The molecule has 0 aliphatic heterocycles. The Balaban J connectivity index is 0.000000593. The maximum atomic E-state index is 12.2. The van der Waals surface area contributed by atoms with Crippen LogP contribution in [0.1, 0.15) is 11.4 Å². The highest BCUT2D eigenvalue weighted by Crippen LogP contribution is 2.54. The minimum atomic E-state index is -7.43. The monoisotopic (exact) mass is 407 g/mol. The summed E-state index contributed by atoms with van der Waals surface area (Å²) in [5.41, 5.74) is 2.43. The first kappa shape index (κ1) is 23.4. The largest absolute Gasteiger partial charge is 0.743 e. The Hall–Kier alpha value is -1.57. The van der Waals surface area contributed by atoms with Gasteiger partial charge < -0.3 is 4.55 Å². The van der Waals surface area contributed by atoms with Gasteiger partial charge in [-0.05, 0) is 6.07 Å². The summed E-state index contributed by atoms with van der Waals surface area (Å²) in [6.07, 6.45) is -7.16. The third-order valence-corrected chi connectivity index (χ3v) is 3.40. The molecule has 0 fully saturated rings. The number of aromatic amines is 1. The van der Waals surface area contributed by atoms with Crippen molar-refractivity contribution in [1.82, 2.24) is 0 Å². The van der Waals surface area contributed by atoms with Gasteiger partial charge >= 0.3 is 23.3 Å². The lowest BCUT2D eigenvalue weighted by atomic mass is 10.1. The molecule has 0 saturated heterocycles. The van der Waals surface area contributed by atoms with Crippen LogP contribution in [0.5, 0.6) is 0 Å². The van der Waals surface area contributed by atoms with E-state index in [0.29, 0.717) is 0 Å². The van der Waals surface area contributed by atoms with Crippen LogP contribution in [0.3, 0.4) is 0 Å². The number of hydrogen-bond donors (Lipinski definition) is 0. The summed E-state index contributed by atoms with van der Waals surface area (Å²) in [7, 11) is -7.42. The molecule has 0 aliphatic carbocycles.